The minimum absolute atomic E-state index is 0.0837. The van der Waals surface area contributed by atoms with Crippen molar-refractivity contribution in [2.24, 2.45) is 0 Å². The van der Waals surface area contributed by atoms with Gasteiger partial charge in [0.1, 0.15) is 17.5 Å². The number of benzene rings is 1. The van der Waals surface area contributed by atoms with Crippen LogP contribution in [0.2, 0.25) is 0 Å². The number of hydrogen-bond acceptors (Lipinski definition) is 8. The second kappa shape index (κ2) is 9.18. The highest BCUT2D eigenvalue weighted by molar-refractivity contribution is 5.71. The molecule has 0 bridgehead atoms. The summed E-state index contributed by atoms with van der Waals surface area (Å²) < 4.78 is 11.2. The summed E-state index contributed by atoms with van der Waals surface area (Å²) in [6.45, 7) is 11.0. The van der Waals surface area contributed by atoms with Gasteiger partial charge in [0, 0.05) is 36.3 Å². The van der Waals surface area contributed by atoms with Gasteiger partial charge in [-0.2, -0.15) is 10.2 Å². The lowest BCUT2D eigenvalue weighted by atomic mass is 9.81. The Labute approximate surface area is 216 Å². The third-order valence-corrected chi connectivity index (χ3v) is 6.95. The number of nitrogens with zero attached hydrogens (tertiary/aromatic N) is 5. The smallest absolute Gasteiger partial charge is 0.410 e. The van der Waals surface area contributed by atoms with Gasteiger partial charge in [-0.05, 0) is 71.1 Å². The molecule has 2 aromatic heterocycles. The molecule has 3 heterocycles. The molecule has 5 rings (SSSR count). The van der Waals surface area contributed by atoms with E-state index in [1.165, 1.54) is 11.1 Å². The number of ether oxygens (including phenoxy) is 1. The molecule has 1 aliphatic carbocycles. The van der Waals surface area contributed by atoms with Gasteiger partial charge in [-0.3, -0.25) is 0 Å². The summed E-state index contributed by atoms with van der Waals surface area (Å²) in [5, 5.41) is 17.0. The first-order chi connectivity index (χ1) is 17.6. The normalized spacial score (nSPS) is 18.8. The zero-order valence-electron chi connectivity index (χ0n) is 22.0. The molecule has 9 heteroatoms. The van der Waals surface area contributed by atoms with E-state index in [4.69, 9.17) is 9.26 Å². The summed E-state index contributed by atoms with van der Waals surface area (Å²) in [7, 11) is 0. The summed E-state index contributed by atoms with van der Waals surface area (Å²) in [6, 6.07) is 10.2. The minimum atomic E-state index is -0.515. The highest BCUT2D eigenvalue weighted by Crippen LogP contribution is 2.48. The van der Waals surface area contributed by atoms with E-state index < -0.39 is 5.60 Å². The van der Waals surface area contributed by atoms with Crippen LogP contribution in [0.3, 0.4) is 0 Å². The Bertz CT molecular complexity index is 1380. The summed E-state index contributed by atoms with van der Waals surface area (Å²) in [6.07, 6.45) is 4.13. The molecule has 0 radical (unpaired) electrons. The largest absolute Gasteiger partial charge is 0.444 e. The first kappa shape index (κ1) is 24.8. The van der Waals surface area contributed by atoms with Gasteiger partial charge in [-0.15, -0.1) is 0 Å². The number of fused-ring (bicyclic) bond motifs is 2. The van der Waals surface area contributed by atoms with Crippen molar-refractivity contribution in [2.45, 2.75) is 70.9 Å². The highest BCUT2D eigenvalue weighted by atomic mass is 16.6. The number of nitrogens with one attached hydrogen (secondary N) is 1. The first-order valence-corrected chi connectivity index (χ1v) is 12.7. The average Bonchev–Trinajstić information content (AvgIpc) is 3.58. The fourth-order valence-corrected chi connectivity index (χ4v) is 5.35. The number of likely N-dealkylation sites (tertiary alicyclic amines) is 1. The van der Waals surface area contributed by atoms with Crippen molar-refractivity contribution in [2.75, 3.05) is 18.4 Å². The molecule has 1 spiro atoms. The fraction of sp³-hybridized carbons (Fsp3) is 0.464. The standard InChI is InChI=1S/C28H32N6O3/c1-17(2)31-23-18(14-29)13-19(15-30-23)25-32-24(33-37-25)21-7-6-8-22-20(21)9-10-28(22)11-12-34(16-28)26(35)36-27(3,4)5/h6-8,13,15,17H,9-12,16H2,1-5H3,(H,30,31). The van der Waals surface area contributed by atoms with Crippen LogP contribution in [0.15, 0.2) is 35.0 Å². The Hall–Kier alpha value is -3.93. The Morgan fingerprint density at radius 3 is 2.84 bits per heavy atom. The summed E-state index contributed by atoms with van der Waals surface area (Å²) in [5.74, 6) is 1.36. The predicted octanol–water partition coefficient (Wildman–Crippen LogP) is 5.32. The summed E-state index contributed by atoms with van der Waals surface area (Å²) in [4.78, 5) is 23.6. The van der Waals surface area contributed by atoms with Gasteiger partial charge in [0.05, 0.1) is 11.1 Å². The van der Waals surface area contributed by atoms with Crippen LogP contribution in [0, 0.1) is 11.3 Å². The van der Waals surface area contributed by atoms with Crippen molar-refractivity contribution in [1.82, 2.24) is 20.0 Å². The maximum Gasteiger partial charge on any atom is 0.410 e. The second-order valence-corrected chi connectivity index (χ2v) is 11.2. The fourth-order valence-electron chi connectivity index (χ4n) is 5.35. The number of aromatic nitrogens is 3. The summed E-state index contributed by atoms with van der Waals surface area (Å²) in [5.41, 5.74) is 3.81. The molecule has 2 aliphatic rings. The molecule has 9 nitrogen and oxygen atoms in total. The SMILES string of the molecule is CC(C)Nc1ncc(-c2nc(-c3cccc4c3CCC43CCN(C(=O)OC(C)(C)C)C3)no2)cc1C#N. The Morgan fingerprint density at radius 1 is 1.30 bits per heavy atom. The predicted molar refractivity (Wildman–Crippen MR) is 139 cm³/mol. The lowest BCUT2D eigenvalue weighted by Crippen LogP contribution is -2.37. The lowest BCUT2D eigenvalue weighted by molar-refractivity contribution is 0.0284. The van der Waals surface area contributed by atoms with E-state index in [-0.39, 0.29) is 17.6 Å². The van der Waals surface area contributed by atoms with Crippen molar-refractivity contribution in [3.63, 3.8) is 0 Å². The van der Waals surface area contributed by atoms with E-state index in [1.54, 1.807) is 12.3 Å². The van der Waals surface area contributed by atoms with E-state index >= 15 is 0 Å². The van der Waals surface area contributed by atoms with Crippen LogP contribution in [-0.4, -0.2) is 50.9 Å². The number of hydrogen-bond donors (Lipinski definition) is 1. The molecule has 3 aromatic rings. The van der Waals surface area contributed by atoms with Crippen molar-refractivity contribution in [1.29, 1.82) is 5.26 Å². The van der Waals surface area contributed by atoms with Crippen molar-refractivity contribution in [3.8, 4) is 28.9 Å². The van der Waals surface area contributed by atoms with Crippen LogP contribution in [0.4, 0.5) is 10.6 Å². The van der Waals surface area contributed by atoms with E-state index in [0.717, 1.165) is 24.8 Å². The van der Waals surface area contributed by atoms with Gasteiger partial charge in [0.2, 0.25) is 5.82 Å². The number of rotatable bonds is 4. The molecule has 1 N–H and O–H groups in total. The zero-order chi connectivity index (χ0) is 26.4. The maximum atomic E-state index is 12.7. The third-order valence-electron chi connectivity index (χ3n) is 6.95. The molecule has 1 aliphatic heterocycles. The molecule has 1 atom stereocenters. The Morgan fingerprint density at radius 2 is 2.11 bits per heavy atom. The van der Waals surface area contributed by atoms with Crippen LogP contribution in [0.5, 0.6) is 0 Å². The van der Waals surface area contributed by atoms with Gasteiger partial charge >= 0.3 is 6.09 Å². The van der Waals surface area contributed by atoms with Gasteiger partial charge in [-0.1, -0.05) is 23.4 Å². The molecule has 1 unspecified atom stereocenters. The molecular formula is C28H32N6O3. The van der Waals surface area contributed by atoms with Crippen molar-refractivity contribution in [3.05, 3.63) is 47.2 Å². The van der Waals surface area contributed by atoms with Crippen LogP contribution in [0.1, 0.15) is 64.2 Å². The van der Waals surface area contributed by atoms with Crippen LogP contribution >= 0.6 is 0 Å². The maximum absolute atomic E-state index is 12.7. The Kier molecular flexibility index (Phi) is 6.14. The molecule has 37 heavy (non-hydrogen) atoms. The number of pyridine rings is 1. The van der Waals surface area contributed by atoms with Gasteiger partial charge in [0.15, 0.2) is 0 Å². The van der Waals surface area contributed by atoms with Gasteiger partial charge in [-0.25, -0.2) is 9.78 Å². The van der Waals surface area contributed by atoms with Crippen molar-refractivity contribution < 1.29 is 14.1 Å². The zero-order valence-corrected chi connectivity index (χ0v) is 22.0. The molecule has 1 amide bonds. The molecule has 1 saturated heterocycles. The third kappa shape index (κ3) is 4.76. The first-order valence-electron chi connectivity index (χ1n) is 12.7. The number of anilines is 1. The number of nitriles is 1. The van der Waals surface area contributed by atoms with Crippen LogP contribution in [0.25, 0.3) is 22.8 Å². The topological polar surface area (TPSA) is 117 Å². The van der Waals surface area contributed by atoms with E-state index in [1.807, 2.05) is 51.7 Å². The van der Waals surface area contributed by atoms with E-state index in [9.17, 15) is 10.1 Å². The molecule has 1 aromatic carbocycles. The van der Waals surface area contributed by atoms with E-state index in [2.05, 4.69) is 32.6 Å². The second-order valence-electron chi connectivity index (χ2n) is 11.2. The van der Waals surface area contributed by atoms with Gasteiger partial charge < -0.3 is 19.5 Å². The van der Waals surface area contributed by atoms with Crippen LogP contribution in [-0.2, 0) is 16.6 Å². The van der Waals surface area contributed by atoms with Gasteiger partial charge in [0.25, 0.3) is 5.89 Å². The average molecular weight is 501 g/mol. The molecule has 1 fully saturated rings. The number of carbonyl (C=O) groups excluding carboxylic acids is 1. The van der Waals surface area contributed by atoms with Crippen molar-refractivity contribution >= 4 is 11.9 Å². The molecule has 0 saturated carbocycles. The molecule has 192 valence electrons. The monoisotopic (exact) mass is 500 g/mol. The van der Waals surface area contributed by atoms with Crippen LogP contribution < -0.4 is 5.32 Å². The van der Waals surface area contributed by atoms with E-state index in [0.29, 0.717) is 41.7 Å². The Balaban J connectivity index is 1.41. The lowest BCUT2D eigenvalue weighted by Gasteiger charge is -2.27. The number of carbonyl (C=O) groups is 1. The highest BCUT2D eigenvalue weighted by Gasteiger charge is 2.47. The summed E-state index contributed by atoms with van der Waals surface area (Å²) >= 11 is 0. The quantitative estimate of drug-likeness (QED) is 0.512. The minimum Gasteiger partial charge on any atom is -0.444 e. The molecular weight excluding hydrogens is 468 g/mol. The number of amides is 1.